The highest BCUT2D eigenvalue weighted by atomic mass is 32.2. The lowest BCUT2D eigenvalue weighted by molar-refractivity contribution is -0.121. The van der Waals surface area contributed by atoms with Crippen LogP contribution in [0.5, 0.6) is 0 Å². The number of nitrogens with zero attached hydrogens (tertiary/aromatic N) is 4. The number of hydrogen-bond donors (Lipinski definition) is 1. The predicted molar refractivity (Wildman–Crippen MR) is 125 cm³/mol. The Kier molecular flexibility index (Phi) is 6.66. The molecule has 4 rings (SSSR count). The number of carbonyl (C=O) groups excluding carboxylic acids is 1. The van der Waals surface area contributed by atoms with Crippen molar-refractivity contribution in [2.75, 3.05) is 25.0 Å². The number of aromatic nitrogens is 3. The van der Waals surface area contributed by atoms with Crippen LogP contribution in [0.15, 0.2) is 41.3 Å². The van der Waals surface area contributed by atoms with E-state index < -0.39 is 10.0 Å². The second-order valence-corrected chi connectivity index (χ2v) is 10.4. The number of para-hydroxylation sites is 1. The predicted octanol–water partition coefficient (Wildman–Crippen LogP) is 2.79. The molecule has 1 fully saturated rings. The molecule has 1 aliphatic heterocycles. The van der Waals surface area contributed by atoms with E-state index in [1.54, 1.807) is 6.07 Å². The van der Waals surface area contributed by atoms with E-state index in [1.165, 1.54) is 16.4 Å². The molecule has 1 N–H and O–H groups in total. The van der Waals surface area contributed by atoms with E-state index in [-0.39, 0.29) is 17.4 Å². The van der Waals surface area contributed by atoms with Gasteiger partial charge in [-0.05, 0) is 66.6 Å². The minimum absolute atomic E-state index is 0.160. The summed E-state index contributed by atoms with van der Waals surface area (Å²) in [5, 5.41) is 10.8. The normalized spacial score (nSPS) is 17.2. The van der Waals surface area contributed by atoms with E-state index in [0.717, 1.165) is 40.9 Å². The second-order valence-electron chi connectivity index (χ2n) is 8.51. The van der Waals surface area contributed by atoms with Gasteiger partial charge in [-0.2, -0.15) is 4.31 Å². The summed E-state index contributed by atoms with van der Waals surface area (Å²) in [6, 6.07) is 10.5. The number of aryl methyl sites for hydroxylation is 2. The van der Waals surface area contributed by atoms with E-state index in [1.807, 2.05) is 32.0 Å². The fraction of sp³-hybridized carbons (Fsp3) is 0.435. The molecule has 3 aromatic rings. The van der Waals surface area contributed by atoms with Crippen LogP contribution >= 0.6 is 0 Å². The molecule has 176 valence electrons. The summed E-state index contributed by atoms with van der Waals surface area (Å²) in [5.74, 6) is -0.0125. The van der Waals surface area contributed by atoms with Crippen molar-refractivity contribution in [2.24, 2.45) is 5.92 Å². The zero-order valence-corrected chi connectivity index (χ0v) is 19.9. The molecule has 0 radical (unpaired) electrons. The largest absolute Gasteiger partial charge is 0.385 e. The van der Waals surface area contributed by atoms with Crippen molar-refractivity contribution in [2.45, 2.75) is 44.9 Å². The molecule has 1 amide bonds. The zero-order valence-electron chi connectivity index (χ0n) is 19.1. The molecular weight excluding hydrogens is 442 g/mol. The van der Waals surface area contributed by atoms with Crippen molar-refractivity contribution in [3.05, 3.63) is 47.5 Å². The summed E-state index contributed by atoms with van der Waals surface area (Å²) in [7, 11) is -3.64. The molecule has 2 aromatic carbocycles. The molecule has 10 heteroatoms. The lowest BCUT2D eigenvalue weighted by atomic mass is 10.0. The molecular formula is C23H29N5O4S. The number of hydrogen-bond acceptors (Lipinski definition) is 6. The van der Waals surface area contributed by atoms with Crippen molar-refractivity contribution in [3.8, 4) is 0 Å². The van der Waals surface area contributed by atoms with Gasteiger partial charge in [0.1, 0.15) is 11.0 Å². The average molecular weight is 472 g/mol. The van der Waals surface area contributed by atoms with Crippen LogP contribution in [0.1, 0.15) is 37.8 Å². The van der Waals surface area contributed by atoms with Crippen molar-refractivity contribution >= 4 is 32.7 Å². The van der Waals surface area contributed by atoms with Crippen molar-refractivity contribution < 1.29 is 18.0 Å². The molecule has 1 aliphatic rings. The Morgan fingerprint density at radius 1 is 1.27 bits per heavy atom. The molecule has 0 spiro atoms. The standard InChI is InChI=1S/C23H29N5O4S/c1-4-18-9-5-8-17(3)23(18)24-22(29)15-32-28-21-13-19(10-11-20(21)25-26-28)33(30,31)27-12-6-7-16(2)14-27/h5,8-11,13,16H,4,6-7,12,14-15H2,1-3H3,(H,24,29). The lowest BCUT2D eigenvalue weighted by Gasteiger charge is -2.30. The van der Waals surface area contributed by atoms with E-state index in [9.17, 15) is 13.2 Å². The monoisotopic (exact) mass is 471 g/mol. The van der Waals surface area contributed by atoms with Gasteiger partial charge in [-0.3, -0.25) is 4.79 Å². The summed E-state index contributed by atoms with van der Waals surface area (Å²) >= 11 is 0. The first-order chi connectivity index (χ1) is 15.8. The van der Waals surface area contributed by atoms with Gasteiger partial charge in [0.05, 0.1) is 4.90 Å². The summed E-state index contributed by atoms with van der Waals surface area (Å²) in [4.78, 5) is 19.3. The Bertz CT molecular complexity index is 1270. The van der Waals surface area contributed by atoms with Gasteiger partial charge >= 0.3 is 0 Å². The van der Waals surface area contributed by atoms with E-state index >= 15 is 0 Å². The SMILES string of the molecule is CCc1cccc(C)c1NC(=O)COn1nnc2ccc(S(=O)(=O)N3CCCC(C)C3)cc21. The summed E-state index contributed by atoms with van der Waals surface area (Å²) in [5.41, 5.74) is 3.65. The molecule has 2 heterocycles. The number of anilines is 1. The minimum atomic E-state index is -3.64. The smallest absolute Gasteiger partial charge is 0.265 e. The van der Waals surface area contributed by atoms with Crippen LogP contribution in [-0.4, -0.2) is 53.5 Å². The van der Waals surface area contributed by atoms with Crippen molar-refractivity contribution in [3.63, 3.8) is 0 Å². The zero-order chi connectivity index (χ0) is 23.6. The molecule has 0 bridgehead atoms. The highest BCUT2D eigenvalue weighted by Gasteiger charge is 2.29. The minimum Gasteiger partial charge on any atom is -0.385 e. The van der Waals surface area contributed by atoms with Gasteiger partial charge in [-0.25, -0.2) is 8.42 Å². The Balaban J connectivity index is 1.51. The lowest BCUT2D eigenvalue weighted by Crippen LogP contribution is -2.39. The highest BCUT2D eigenvalue weighted by molar-refractivity contribution is 7.89. The fourth-order valence-electron chi connectivity index (χ4n) is 4.14. The number of sulfonamides is 1. The number of rotatable bonds is 7. The average Bonchev–Trinajstić information content (AvgIpc) is 3.21. The van der Waals surface area contributed by atoms with Gasteiger partial charge in [0.2, 0.25) is 10.0 Å². The van der Waals surface area contributed by atoms with Crippen LogP contribution in [0.2, 0.25) is 0 Å². The molecule has 1 saturated heterocycles. The number of carbonyl (C=O) groups is 1. The third kappa shape index (κ3) is 4.86. The van der Waals surface area contributed by atoms with Gasteiger partial charge in [0.25, 0.3) is 5.91 Å². The van der Waals surface area contributed by atoms with Crippen LogP contribution in [-0.2, 0) is 21.2 Å². The second kappa shape index (κ2) is 9.48. The maximum atomic E-state index is 13.1. The first-order valence-corrected chi connectivity index (χ1v) is 12.6. The quantitative estimate of drug-likeness (QED) is 0.568. The molecule has 9 nitrogen and oxygen atoms in total. The van der Waals surface area contributed by atoms with Crippen LogP contribution < -0.4 is 10.2 Å². The molecule has 33 heavy (non-hydrogen) atoms. The summed E-state index contributed by atoms with van der Waals surface area (Å²) < 4.78 is 27.8. The molecule has 0 saturated carbocycles. The number of amides is 1. The third-order valence-corrected chi connectivity index (χ3v) is 7.83. The molecule has 1 atom stereocenters. The first-order valence-electron chi connectivity index (χ1n) is 11.2. The number of piperidine rings is 1. The molecule has 1 unspecified atom stereocenters. The Morgan fingerprint density at radius 2 is 2.09 bits per heavy atom. The Labute approximate surface area is 193 Å². The first kappa shape index (κ1) is 23.2. The van der Waals surface area contributed by atoms with Crippen molar-refractivity contribution in [1.29, 1.82) is 0 Å². The van der Waals surface area contributed by atoms with Crippen molar-refractivity contribution in [1.82, 2.24) is 19.5 Å². The van der Waals surface area contributed by atoms with Gasteiger partial charge in [0.15, 0.2) is 6.61 Å². The number of nitrogens with one attached hydrogen (secondary N) is 1. The number of benzene rings is 2. The third-order valence-electron chi connectivity index (χ3n) is 5.97. The summed E-state index contributed by atoms with van der Waals surface area (Å²) in [6.45, 7) is 6.74. The molecule has 0 aliphatic carbocycles. The van der Waals surface area contributed by atoms with Crippen LogP contribution in [0.3, 0.4) is 0 Å². The summed E-state index contributed by atoms with van der Waals surface area (Å²) in [6.07, 6.45) is 2.67. The maximum absolute atomic E-state index is 13.1. The highest BCUT2D eigenvalue weighted by Crippen LogP contribution is 2.25. The topological polar surface area (TPSA) is 106 Å². The van der Waals surface area contributed by atoms with Gasteiger partial charge in [-0.15, -0.1) is 5.10 Å². The maximum Gasteiger partial charge on any atom is 0.265 e. The van der Waals surface area contributed by atoms with Crippen LogP contribution in [0.4, 0.5) is 5.69 Å². The molecule has 1 aromatic heterocycles. The van der Waals surface area contributed by atoms with E-state index in [0.29, 0.717) is 30.0 Å². The van der Waals surface area contributed by atoms with Crippen LogP contribution in [0, 0.1) is 12.8 Å². The van der Waals surface area contributed by atoms with Crippen LogP contribution in [0.25, 0.3) is 11.0 Å². The van der Waals surface area contributed by atoms with Gasteiger partial charge in [-0.1, -0.05) is 36.9 Å². The Hall–Kier alpha value is -2.98. The fourth-order valence-corrected chi connectivity index (χ4v) is 5.76. The van der Waals surface area contributed by atoms with E-state index in [2.05, 4.69) is 22.6 Å². The van der Waals surface area contributed by atoms with E-state index in [4.69, 9.17) is 4.84 Å². The van der Waals surface area contributed by atoms with Gasteiger partial charge in [0, 0.05) is 18.8 Å². The number of fused-ring (bicyclic) bond motifs is 1. The Morgan fingerprint density at radius 3 is 2.85 bits per heavy atom. The van der Waals surface area contributed by atoms with Gasteiger partial charge < -0.3 is 10.2 Å².